The number of benzene rings is 3. The molecular formula is C29H33BrN2O3. The fraction of sp³-hybridized carbons (Fsp3) is 0.310. The quantitative estimate of drug-likeness (QED) is 0.346. The van der Waals surface area contributed by atoms with Crippen molar-refractivity contribution in [2.24, 2.45) is 0 Å². The van der Waals surface area contributed by atoms with Crippen molar-refractivity contribution in [2.75, 3.05) is 13.2 Å². The third-order valence-corrected chi connectivity index (χ3v) is 7.04. The van der Waals surface area contributed by atoms with Crippen molar-refractivity contribution < 1.29 is 14.3 Å². The summed E-state index contributed by atoms with van der Waals surface area (Å²) in [4.78, 5) is 28.5. The predicted molar refractivity (Wildman–Crippen MR) is 143 cm³/mol. The van der Waals surface area contributed by atoms with Crippen molar-refractivity contribution in [3.05, 3.63) is 99.5 Å². The van der Waals surface area contributed by atoms with Crippen molar-refractivity contribution in [3.63, 3.8) is 0 Å². The number of hydrogen-bond donors (Lipinski definition) is 1. The highest BCUT2D eigenvalue weighted by Gasteiger charge is 2.30. The number of aryl methyl sites for hydroxylation is 2. The van der Waals surface area contributed by atoms with Gasteiger partial charge in [-0.25, -0.2) is 0 Å². The molecule has 184 valence electrons. The minimum atomic E-state index is -0.659. The average molecular weight is 537 g/mol. The van der Waals surface area contributed by atoms with Crippen LogP contribution in [-0.4, -0.2) is 35.9 Å². The van der Waals surface area contributed by atoms with E-state index in [1.807, 2.05) is 93.6 Å². The number of halogens is 1. The van der Waals surface area contributed by atoms with Gasteiger partial charge >= 0.3 is 0 Å². The van der Waals surface area contributed by atoms with Crippen molar-refractivity contribution >= 4 is 27.7 Å². The van der Waals surface area contributed by atoms with Crippen LogP contribution in [0.25, 0.3) is 0 Å². The van der Waals surface area contributed by atoms with Crippen molar-refractivity contribution in [3.8, 4) is 5.75 Å². The minimum absolute atomic E-state index is 0.153. The summed E-state index contributed by atoms with van der Waals surface area (Å²) < 4.78 is 6.95. The first-order chi connectivity index (χ1) is 16.9. The number of nitrogens with one attached hydrogen (secondary N) is 1. The van der Waals surface area contributed by atoms with E-state index in [-0.39, 0.29) is 18.4 Å². The molecule has 1 N–H and O–H groups in total. The van der Waals surface area contributed by atoms with E-state index in [0.29, 0.717) is 25.3 Å². The molecule has 0 aliphatic carbocycles. The Hall–Kier alpha value is -3.12. The molecule has 0 aliphatic heterocycles. The average Bonchev–Trinajstić information content (AvgIpc) is 2.87. The van der Waals surface area contributed by atoms with Crippen LogP contribution in [0.5, 0.6) is 5.75 Å². The van der Waals surface area contributed by atoms with Gasteiger partial charge in [0, 0.05) is 24.0 Å². The Morgan fingerprint density at radius 1 is 0.943 bits per heavy atom. The molecule has 0 saturated carbocycles. The molecule has 2 amide bonds. The van der Waals surface area contributed by atoms with E-state index in [4.69, 9.17) is 4.74 Å². The number of hydrogen-bond acceptors (Lipinski definition) is 3. The molecule has 1 atom stereocenters. The van der Waals surface area contributed by atoms with Gasteiger partial charge in [-0.15, -0.1) is 0 Å². The minimum Gasteiger partial charge on any atom is -0.484 e. The lowest BCUT2D eigenvalue weighted by molar-refractivity contribution is -0.142. The largest absolute Gasteiger partial charge is 0.484 e. The van der Waals surface area contributed by atoms with Gasteiger partial charge in [-0.3, -0.25) is 9.59 Å². The normalized spacial score (nSPS) is 11.5. The van der Waals surface area contributed by atoms with Gasteiger partial charge in [0.1, 0.15) is 11.8 Å². The monoisotopic (exact) mass is 536 g/mol. The molecule has 3 aromatic rings. The SMILES string of the molecule is CCCNC(=O)[C@H](Cc1ccccc1)N(Cc1ccccc1)C(=O)COc1cc(C)c(Br)c(C)c1. The maximum atomic E-state index is 13.6. The van der Waals surface area contributed by atoms with Gasteiger partial charge in [0.2, 0.25) is 5.91 Å². The zero-order valence-electron chi connectivity index (χ0n) is 20.6. The molecule has 0 fully saturated rings. The second-order valence-electron chi connectivity index (χ2n) is 8.66. The van der Waals surface area contributed by atoms with Crippen LogP contribution in [0, 0.1) is 13.8 Å². The molecule has 0 saturated heterocycles. The summed E-state index contributed by atoms with van der Waals surface area (Å²) in [5.41, 5.74) is 4.02. The van der Waals surface area contributed by atoms with Crippen LogP contribution in [0.15, 0.2) is 77.3 Å². The number of amides is 2. The second-order valence-corrected chi connectivity index (χ2v) is 9.46. The third kappa shape index (κ3) is 7.69. The lowest BCUT2D eigenvalue weighted by Gasteiger charge is -2.31. The van der Waals surface area contributed by atoms with E-state index in [1.54, 1.807) is 4.90 Å². The Bertz CT molecular complexity index is 1100. The van der Waals surface area contributed by atoms with E-state index < -0.39 is 6.04 Å². The summed E-state index contributed by atoms with van der Waals surface area (Å²) in [7, 11) is 0. The fourth-order valence-electron chi connectivity index (χ4n) is 3.92. The Labute approximate surface area is 216 Å². The third-order valence-electron chi connectivity index (χ3n) is 5.79. The molecule has 35 heavy (non-hydrogen) atoms. The van der Waals surface area contributed by atoms with E-state index >= 15 is 0 Å². The van der Waals surface area contributed by atoms with Gasteiger partial charge in [0.05, 0.1) is 0 Å². The zero-order valence-corrected chi connectivity index (χ0v) is 22.2. The predicted octanol–water partition coefficient (Wildman–Crippen LogP) is 5.61. The smallest absolute Gasteiger partial charge is 0.261 e. The van der Waals surface area contributed by atoms with Crippen LogP contribution < -0.4 is 10.1 Å². The lowest BCUT2D eigenvalue weighted by atomic mass is 10.0. The van der Waals surface area contributed by atoms with Gasteiger partial charge in [0.15, 0.2) is 6.61 Å². The molecule has 0 aromatic heterocycles. The van der Waals surface area contributed by atoms with Crippen LogP contribution >= 0.6 is 15.9 Å². The molecular weight excluding hydrogens is 504 g/mol. The van der Waals surface area contributed by atoms with Crippen molar-refractivity contribution in [1.82, 2.24) is 10.2 Å². The maximum Gasteiger partial charge on any atom is 0.261 e. The summed E-state index contributed by atoms with van der Waals surface area (Å²) in [6.07, 6.45) is 1.24. The van der Waals surface area contributed by atoms with Gasteiger partial charge in [-0.2, -0.15) is 0 Å². The highest BCUT2D eigenvalue weighted by Crippen LogP contribution is 2.26. The molecule has 0 unspecified atom stereocenters. The topological polar surface area (TPSA) is 58.6 Å². The lowest BCUT2D eigenvalue weighted by Crippen LogP contribution is -2.51. The molecule has 3 rings (SSSR count). The van der Waals surface area contributed by atoms with Crippen LogP contribution in [0.4, 0.5) is 0 Å². The molecule has 0 heterocycles. The number of ether oxygens (including phenoxy) is 1. The summed E-state index contributed by atoms with van der Waals surface area (Å²) in [5, 5.41) is 2.99. The van der Waals surface area contributed by atoms with Gasteiger partial charge in [-0.1, -0.05) is 83.5 Å². The second kappa shape index (κ2) is 13.1. The summed E-state index contributed by atoms with van der Waals surface area (Å²) in [5.74, 6) is 0.237. The summed E-state index contributed by atoms with van der Waals surface area (Å²) in [6.45, 7) is 6.71. The van der Waals surface area contributed by atoms with Crippen LogP contribution in [-0.2, 0) is 22.6 Å². The Morgan fingerprint density at radius 2 is 1.51 bits per heavy atom. The van der Waals surface area contributed by atoms with Crippen molar-refractivity contribution in [1.29, 1.82) is 0 Å². The van der Waals surface area contributed by atoms with E-state index in [1.165, 1.54) is 0 Å². The number of carbonyl (C=O) groups excluding carboxylic acids is 2. The molecule has 0 bridgehead atoms. The highest BCUT2D eigenvalue weighted by atomic mass is 79.9. The first kappa shape index (κ1) is 26.5. The maximum absolute atomic E-state index is 13.6. The van der Waals surface area contributed by atoms with E-state index in [2.05, 4.69) is 21.2 Å². The van der Waals surface area contributed by atoms with Crippen LogP contribution in [0.2, 0.25) is 0 Å². The molecule has 0 radical (unpaired) electrons. The van der Waals surface area contributed by atoms with E-state index in [9.17, 15) is 9.59 Å². The van der Waals surface area contributed by atoms with Crippen molar-refractivity contribution in [2.45, 2.75) is 46.2 Å². The Morgan fingerprint density at radius 3 is 2.09 bits per heavy atom. The fourth-order valence-corrected chi connectivity index (χ4v) is 4.15. The molecule has 5 nitrogen and oxygen atoms in total. The number of rotatable bonds is 11. The molecule has 0 spiro atoms. The number of nitrogens with zero attached hydrogens (tertiary/aromatic N) is 1. The van der Waals surface area contributed by atoms with Crippen LogP contribution in [0.1, 0.15) is 35.6 Å². The summed E-state index contributed by atoms with van der Waals surface area (Å²) >= 11 is 3.57. The van der Waals surface area contributed by atoms with Gasteiger partial charge in [0.25, 0.3) is 5.91 Å². The van der Waals surface area contributed by atoms with Crippen LogP contribution in [0.3, 0.4) is 0 Å². The Balaban J connectivity index is 1.88. The van der Waals surface area contributed by atoms with Gasteiger partial charge < -0.3 is 15.0 Å². The van der Waals surface area contributed by atoms with Gasteiger partial charge in [-0.05, 0) is 54.7 Å². The highest BCUT2D eigenvalue weighted by molar-refractivity contribution is 9.10. The molecule has 3 aromatic carbocycles. The molecule has 0 aliphatic rings. The zero-order chi connectivity index (χ0) is 25.2. The molecule has 6 heteroatoms. The summed E-state index contributed by atoms with van der Waals surface area (Å²) in [6, 6.07) is 22.7. The standard InChI is InChI=1S/C29H33BrN2O3/c1-4-15-31-29(34)26(18-23-11-7-5-8-12-23)32(19-24-13-9-6-10-14-24)27(33)20-35-25-16-21(2)28(30)22(3)17-25/h5-14,16-17,26H,4,15,18-20H2,1-3H3,(H,31,34)/t26-/m0/s1. The first-order valence-electron chi connectivity index (χ1n) is 11.9. The first-order valence-corrected chi connectivity index (χ1v) is 12.7. The Kier molecular flexibility index (Phi) is 9.91. The number of carbonyl (C=O) groups is 2. The van der Waals surface area contributed by atoms with E-state index in [0.717, 1.165) is 33.1 Å².